The highest BCUT2D eigenvalue weighted by Gasteiger charge is 2.21. The second-order valence-corrected chi connectivity index (χ2v) is 3.16. The van der Waals surface area contributed by atoms with Gasteiger partial charge < -0.3 is 11.1 Å². The van der Waals surface area contributed by atoms with Gasteiger partial charge in [-0.15, -0.1) is 0 Å². The first kappa shape index (κ1) is 7.87. The maximum absolute atomic E-state index is 8.67. The van der Waals surface area contributed by atoms with Gasteiger partial charge in [0.15, 0.2) is 5.69 Å². The summed E-state index contributed by atoms with van der Waals surface area (Å²) in [6.45, 7) is 0. The maximum Gasteiger partial charge on any atom is 0.165 e. The smallest absolute Gasteiger partial charge is 0.165 e. The van der Waals surface area contributed by atoms with Crippen LogP contribution in [-0.4, -0.2) is 11.0 Å². The fourth-order valence-electron chi connectivity index (χ4n) is 1.08. The molecule has 0 aromatic carbocycles. The summed E-state index contributed by atoms with van der Waals surface area (Å²) >= 11 is 0. The molecule has 1 heterocycles. The lowest BCUT2D eigenvalue weighted by atomic mass is 10.3. The van der Waals surface area contributed by atoms with Crippen LogP contribution in [0.25, 0.3) is 0 Å². The van der Waals surface area contributed by atoms with Gasteiger partial charge in [0.05, 0.1) is 5.69 Å². The van der Waals surface area contributed by atoms with Crippen molar-refractivity contribution in [2.45, 2.75) is 18.9 Å². The lowest BCUT2D eigenvalue weighted by molar-refractivity contribution is 1.11. The Morgan fingerprint density at radius 2 is 2.31 bits per heavy atom. The number of nitrogen functional groups attached to an aromatic ring is 1. The molecule has 0 saturated heterocycles. The van der Waals surface area contributed by atoms with Crippen LogP contribution in [0.4, 0.5) is 11.5 Å². The van der Waals surface area contributed by atoms with Crippen molar-refractivity contribution in [3.05, 3.63) is 17.8 Å². The Hall–Kier alpha value is -1.76. The molecule has 0 amide bonds. The first-order valence-corrected chi connectivity index (χ1v) is 4.23. The summed E-state index contributed by atoms with van der Waals surface area (Å²) in [5, 5.41) is 11.9. The monoisotopic (exact) mass is 174 g/mol. The molecular formula is C9H10N4. The molecule has 66 valence electrons. The second kappa shape index (κ2) is 2.94. The highest BCUT2D eigenvalue weighted by atomic mass is 15.0. The van der Waals surface area contributed by atoms with Gasteiger partial charge in [0.2, 0.25) is 0 Å². The van der Waals surface area contributed by atoms with Gasteiger partial charge in [-0.2, -0.15) is 5.26 Å². The normalized spacial score (nSPS) is 15.0. The van der Waals surface area contributed by atoms with E-state index in [0.717, 1.165) is 5.82 Å². The van der Waals surface area contributed by atoms with E-state index in [1.54, 1.807) is 12.1 Å². The molecule has 1 saturated carbocycles. The average molecular weight is 174 g/mol. The lowest BCUT2D eigenvalue weighted by Crippen LogP contribution is -2.04. The average Bonchev–Trinajstić information content (AvgIpc) is 2.92. The van der Waals surface area contributed by atoms with Gasteiger partial charge in [-0.1, -0.05) is 0 Å². The predicted octanol–water partition coefficient (Wildman–Crippen LogP) is 1.11. The van der Waals surface area contributed by atoms with E-state index in [0.29, 0.717) is 17.4 Å². The molecule has 1 aliphatic rings. The molecule has 0 unspecified atom stereocenters. The molecular weight excluding hydrogens is 164 g/mol. The first-order chi connectivity index (χ1) is 6.29. The van der Waals surface area contributed by atoms with Gasteiger partial charge in [0, 0.05) is 6.04 Å². The number of nitriles is 1. The minimum absolute atomic E-state index is 0.297. The number of nitrogens with one attached hydrogen (secondary N) is 1. The van der Waals surface area contributed by atoms with E-state index in [2.05, 4.69) is 10.3 Å². The van der Waals surface area contributed by atoms with E-state index >= 15 is 0 Å². The van der Waals surface area contributed by atoms with Crippen molar-refractivity contribution in [1.29, 1.82) is 5.26 Å². The van der Waals surface area contributed by atoms with Gasteiger partial charge in [-0.05, 0) is 25.0 Å². The molecule has 4 nitrogen and oxygen atoms in total. The van der Waals surface area contributed by atoms with E-state index in [-0.39, 0.29) is 0 Å². The minimum Gasteiger partial charge on any atom is -0.396 e. The van der Waals surface area contributed by atoms with Crippen molar-refractivity contribution in [1.82, 2.24) is 4.98 Å². The fourth-order valence-corrected chi connectivity index (χ4v) is 1.08. The molecule has 0 atom stereocenters. The molecule has 1 fully saturated rings. The van der Waals surface area contributed by atoms with Gasteiger partial charge in [-0.25, -0.2) is 4.98 Å². The van der Waals surface area contributed by atoms with Gasteiger partial charge in [0.1, 0.15) is 11.9 Å². The van der Waals surface area contributed by atoms with Crippen molar-refractivity contribution in [3.8, 4) is 6.07 Å². The summed E-state index contributed by atoms with van der Waals surface area (Å²) in [5.74, 6) is 0.744. The molecule has 1 aliphatic carbocycles. The van der Waals surface area contributed by atoms with E-state index in [4.69, 9.17) is 11.0 Å². The molecule has 0 bridgehead atoms. The zero-order chi connectivity index (χ0) is 9.26. The Labute approximate surface area is 76.4 Å². The van der Waals surface area contributed by atoms with Gasteiger partial charge in [-0.3, -0.25) is 0 Å². The Morgan fingerprint density at radius 3 is 2.92 bits per heavy atom. The van der Waals surface area contributed by atoms with Crippen molar-refractivity contribution in [2.75, 3.05) is 11.1 Å². The second-order valence-electron chi connectivity index (χ2n) is 3.16. The van der Waals surface area contributed by atoms with E-state index < -0.39 is 0 Å². The highest BCUT2D eigenvalue weighted by molar-refractivity contribution is 5.54. The molecule has 4 heteroatoms. The predicted molar refractivity (Wildman–Crippen MR) is 50.0 cm³/mol. The minimum atomic E-state index is 0.297. The van der Waals surface area contributed by atoms with Crippen molar-refractivity contribution in [3.63, 3.8) is 0 Å². The Balaban J connectivity index is 2.22. The Morgan fingerprint density at radius 1 is 1.54 bits per heavy atom. The number of rotatable bonds is 2. The largest absolute Gasteiger partial charge is 0.396 e. The van der Waals surface area contributed by atoms with Crippen molar-refractivity contribution < 1.29 is 0 Å². The SMILES string of the molecule is N#Cc1nc(NC2CC2)ccc1N. The summed E-state index contributed by atoms with van der Waals surface area (Å²) in [6, 6.07) is 6.00. The number of hydrogen-bond donors (Lipinski definition) is 2. The zero-order valence-electron chi connectivity index (χ0n) is 7.12. The standard InChI is InChI=1S/C9H10N4/c10-5-8-7(11)3-4-9(13-8)12-6-1-2-6/h3-4,6H,1-2,11H2,(H,12,13). The number of nitrogens with two attached hydrogens (primary N) is 1. The molecule has 1 aromatic heterocycles. The van der Waals surface area contributed by atoms with Crippen LogP contribution in [-0.2, 0) is 0 Å². The summed E-state index contributed by atoms with van der Waals surface area (Å²) < 4.78 is 0. The zero-order valence-corrected chi connectivity index (χ0v) is 7.12. The van der Waals surface area contributed by atoms with Crippen LogP contribution in [0.5, 0.6) is 0 Å². The van der Waals surface area contributed by atoms with Crippen LogP contribution in [0.1, 0.15) is 18.5 Å². The molecule has 2 rings (SSSR count). The first-order valence-electron chi connectivity index (χ1n) is 4.23. The third-order valence-electron chi connectivity index (χ3n) is 1.96. The quantitative estimate of drug-likeness (QED) is 0.704. The van der Waals surface area contributed by atoms with Crippen molar-refractivity contribution in [2.24, 2.45) is 0 Å². The summed E-state index contributed by atoms with van der Waals surface area (Å²) in [6.07, 6.45) is 2.38. The maximum atomic E-state index is 8.67. The molecule has 0 aliphatic heterocycles. The van der Waals surface area contributed by atoms with E-state index in [1.807, 2.05) is 6.07 Å². The molecule has 13 heavy (non-hydrogen) atoms. The van der Waals surface area contributed by atoms with Crippen LogP contribution < -0.4 is 11.1 Å². The Kier molecular flexibility index (Phi) is 1.78. The van der Waals surface area contributed by atoms with E-state index in [1.165, 1.54) is 12.8 Å². The topological polar surface area (TPSA) is 74.7 Å². The number of pyridine rings is 1. The number of hydrogen-bond acceptors (Lipinski definition) is 4. The highest BCUT2D eigenvalue weighted by Crippen LogP contribution is 2.24. The van der Waals surface area contributed by atoms with Gasteiger partial charge in [0.25, 0.3) is 0 Å². The summed E-state index contributed by atoms with van der Waals surface area (Å²) in [5.41, 5.74) is 6.26. The summed E-state index contributed by atoms with van der Waals surface area (Å²) in [4.78, 5) is 4.07. The molecule has 0 spiro atoms. The lowest BCUT2D eigenvalue weighted by Gasteiger charge is -2.03. The van der Waals surface area contributed by atoms with Crippen LogP contribution >= 0.6 is 0 Å². The number of nitrogens with zero attached hydrogens (tertiary/aromatic N) is 2. The van der Waals surface area contributed by atoms with Crippen molar-refractivity contribution >= 4 is 11.5 Å². The number of aromatic nitrogens is 1. The summed E-state index contributed by atoms with van der Waals surface area (Å²) in [7, 11) is 0. The van der Waals surface area contributed by atoms with Crippen LogP contribution in [0, 0.1) is 11.3 Å². The molecule has 3 N–H and O–H groups in total. The van der Waals surface area contributed by atoms with Crippen LogP contribution in [0.3, 0.4) is 0 Å². The Bertz CT molecular complexity index is 362. The molecule has 1 aromatic rings. The van der Waals surface area contributed by atoms with Gasteiger partial charge >= 0.3 is 0 Å². The third-order valence-corrected chi connectivity index (χ3v) is 1.96. The fraction of sp³-hybridized carbons (Fsp3) is 0.333. The number of anilines is 2. The molecule has 0 radical (unpaired) electrons. The van der Waals surface area contributed by atoms with Crippen LogP contribution in [0.2, 0.25) is 0 Å². The van der Waals surface area contributed by atoms with Crippen LogP contribution in [0.15, 0.2) is 12.1 Å². The van der Waals surface area contributed by atoms with E-state index in [9.17, 15) is 0 Å². The third kappa shape index (κ3) is 1.70.